The summed E-state index contributed by atoms with van der Waals surface area (Å²) in [4.78, 5) is 45.4. The zero-order valence-corrected chi connectivity index (χ0v) is 25.5. The Morgan fingerprint density at radius 2 is 1.67 bits per heavy atom. The number of ether oxygens (including phenoxy) is 2. The summed E-state index contributed by atoms with van der Waals surface area (Å²) in [7, 11) is 0. The molecule has 1 N–H and O–H groups in total. The summed E-state index contributed by atoms with van der Waals surface area (Å²) in [5.74, 6) is -1.34. The van der Waals surface area contributed by atoms with Crippen molar-refractivity contribution in [2.75, 3.05) is 5.75 Å². The predicted molar refractivity (Wildman–Crippen MR) is 164 cm³/mol. The molecule has 3 aromatic rings. The third-order valence-corrected chi connectivity index (χ3v) is 8.92. The van der Waals surface area contributed by atoms with Crippen molar-refractivity contribution in [2.45, 2.75) is 48.9 Å². The molecule has 2 amide bonds. The first kappa shape index (κ1) is 30.4. The first-order valence-electron chi connectivity index (χ1n) is 13.6. The number of thioether (sulfide) groups is 1. The van der Waals surface area contributed by atoms with E-state index in [1.807, 2.05) is 78.9 Å². The lowest BCUT2D eigenvalue weighted by Crippen LogP contribution is -2.74. The summed E-state index contributed by atoms with van der Waals surface area (Å²) in [6.45, 7) is 5.11. The second-order valence-corrected chi connectivity index (χ2v) is 13.3. The van der Waals surface area contributed by atoms with Gasteiger partial charge in [0.05, 0.1) is 0 Å². The molecule has 11 heteroatoms. The number of hydrogen-bond donors (Lipinski definition) is 1. The Kier molecular flexibility index (Phi) is 9.24. The third-order valence-electron chi connectivity index (χ3n) is 6.55. The van der Waals surface area contributed by atoms with E-state index in [1.165, 1.54) is 16.7 Å². The van der Waals surface area contributed by atoms with Crippen LogP contribution in [0.4, 0.5) is 4.79 Å². The summed E-state index contributed by atoms with van der Waals surface area (Å²) in [5.41, 5.74) is 1.09. The number of pyridine rings is 1. The molecule has 1 fully saturated rings. The second-order valence-electron chi connectivity index (χ2n) is 10.8. The minimum absolute atomic E-state index is 0.00780. The lowest BCUT2D eigenvalue weighted by atomic mass is 10.0. The lowest BCUT2D eigenvalue weighted by Gasteiger charge is -2.49. The molecule has 1 saturated heterocycles. The quantitative estimate of drug-likeness (QED) is 0.161. The number of fused-ring (bicyclic) bond motifs is 1. The molecule has 43 heavy (non-hydrogen) atoms. The van der Waals surface area contributed by atoms with Crippen molar-refractivity contribution >= 4 is 40.9 Å². The molecule has 2 aliphatic heterocycles. The van der Waals surface area contributed by atoms with Gasteiger partial charge < -0.3 is 19.3 Å². The molecule has 0 spiro atoms. The predicted octanol–water partition coefficient (Wildman–Crippen LogP) is 5.10. The van der Waals surface area contributed by atoms with Gasteiger partial charge in [-0.3, -0.25) is 9.69 Å². The number of alkyl carbamates (subject to hydrolysis) is 1. The van der Waals surface area contributed by atoms with Crippen LogP contribution in [-0.4, -0.2) is 55.2 Å². The van der Waals surface area contributed by atoms with Gasteiger partial charge >= 0.3 is 12.1 Å². The van der Waals surface area contributed by atoms with Gasteiger partial charge in [0, 0.05) is 11.8 Å². The van der Waals surface area contributed by atoms with E-state index in [1.54, 1.807) is 38.5 Å². The van der Waals surface area contributed by atoms with Crippen LogP contribution in [-0.2, 0) is 30.2 Å². The fourth-order valence-corrected chi connectivity index (χ4v) is 7.00. The fourth-order valence-electron chi connectivity index (χ4n) is 4.71. The van der Waals surface area contributed by atoms with Crippen molar-refractivity contribution < 1.29 is 28.4 Å². The molecule has 0 radical (unpaired) electrons. The van der Waals surface area contributed by atoms with Gasteiger partial charge in [-0.2, -0.15) is 0 Å². The summed E-state index contributed by atoms with van der Waals surface area (Å²) >= 11 is -0.308. The Morgan fingerprint density at radius 1 is 1.05 bits per heavy atom. The standard InChI is InChI=1S/C32H31N3O6S2/c1-32(2,3)41-31(38)34-25-28(36)35-26(23(20-43(39)29(25)35)17-19-42-24-16-10-11-18-33-24)30(37)40-27(21-12-6-4-7-13-21)22-14-8-5-9-15-22/h4-19,25,27,29H,20H2,1-3H3,(H,34,38)/t25?,29-,43?/m0/s1. The van der Waals surface area contributed by atoms with E-state index in [0.717, 1.165) is 16.2 Å². The van der Waals surface area contributed by atoms with Crippen molar-refractivity contribution in [1.29, 1.82) is 0 Å². The molecule has 222 valence electrons. The number of carbonyl (C=O) groups excluding carboxylic acids is 3. The minimum atomic E-state index is -1.63. The van der Waals surface area contributed by atoms with E-state index < -0.39 is 52.3 Å². The maximum Gasteiger partial charge on any atom is 0.408 e. The van der Waals surface area contributed by atoms with Crippen molar-refractivity contribution in [2.24, 2.45) is 0 Å². The number of nitrogens with one attached hydrogen (secondary N) is 1. The van der Waals surface area contributed by atoms with Gasteiger partial charge in [0.25, 0.3) is 5.91 Å². The van der Waals surface area contributed by atoms with Gasteiger partial charge in [-0.1, -0.05) is 78.5 Å². The van der Waals surface area contributed by atoms with Crippen LogP contribution in [0.3, 0.4) is 0 Å². The Hall–Kier alpha value is -4.06. The van der Waals surface area contributed by atoms with Crippen LogP contribution >= 0.6 is 11.8 Å². The van der Waals surface area contributed by atoms with Gasteiger partial charge in [0.2, 0.25) is 5.37 Å². The van der Waals surface area contributed by atoms with Crippen LogP contribution in [0.25, 0.3) is 0 Å². The van der Waals surface area contributed by atoms with Gasteiger partial charge in [0.1, 0.15) is 22.1 Å². The molecule has 3 atom stereocenters. The van der Waals surface area contributed by atoms with E-state index in [2.05, 4.69) is 10.3 Å². The van der Waals surface area contributed by atoms with Crippen LogP contribution in [0, 0.1) is 0 Å². The van der Waals surface area contributed by atoms with Crippen LogP contribution in [0.2, 0.25) is 0 Å². The lowest BCUT2D eigenvalue weighted by molar-refractivity contribution is -0.154. The highest BCUT2D eigenvalue weighted by Crippen LogP contribution is 2.39. The van der Waals surface area contributed by atoms with Gasteiger partial charge in [-0.05, 0) is 66.7 Å². The van der Waals surface area contributed by atoms with Gasteiger partial charge in [-0.15, -0.1) is 0 Å². The van der Waals surface area contributed by atoms with Gasteiger partial charge in [0.15, 0.2) is 12.1 Å². The Morgan fingerprint density at radius 3 is 2.26 bits per heavy atom. The normalized spacial score (nSPS) is 20.1. The number of allylic oxidation sites excluding steroid dienone is 1. The molecule has 0 saturated carbocycles. The highest BCUT2D eigenvalue weighted by atomic mass is 32.2. The fraction of sp³-hybridized carbons (Fsp3) is 0.250. The van der Waals surface area contributed by atoms with Crippen LogP contribution in [0.5, 0.6) is 0 Å². The van der Waals surface area contributed by atoms with Gasteiger partial charge in [-0.25, -0.2) is 14.6 Å². The number of rotatable bonds is 8. The number of hydrogen-bond acceptors (Lipinski definition) is 8. The smallest absolute Gasteiger partial charge is 0.408 e. The topological polar surface area (TPSA) is 121 Å². The summed E-state index contributed by atoms with van der Waals surface area (Å²) in [6, 6.07) is 23.0. The van der Waals surface area contributed by atoms with Crippen molar-refractivity contribution in [1.82, 2.24) is 15.2 Å². The summed E-state index contributed by atoms with van der Waals surface area (Å²) < 4.78 is 24.9. The maximum absolute atomic E-state index is 14.0. The molecule has 1 aromatic heterocycles. The van der Waals surface area contributed by atoms with Crippen molar-refractivity contribution in [3.05, 3.63) is 119 Å². The van der Waals surface area contributed by atoms with E-state index >= 15 is 0 Å². The average Bonchev–Trinajstić information content (AvgIpc) is 2.99. The number of aromatic nitrogens is 1. The van der Waals surface area contributed by atoms with Crippen LogP contribution in [0.15, 0.2) is 113 Å². The second kappa shape index (κ2) is 13.1. The number of benzene rings is 2. The largest absolute Gasteiger partial charge is 0.614 e. The molecule has 0 bridgehead atoms. The summed E-state index contributed by atoms with van der Waals surface area (Å²) in [6.07, 6.45) is 1.77. The number of carbonyl (C=O) groups is 3. The number of amides is 2. The molecule has 2 unspecified atom stereocenters. The molecule has 0 aliphatic carbocycles. The van der Waals surface area contributed by atoms with E-state index in [-0.39, 0.29) is 11.4 Å². The molecule has 2 aliphatic rings. The first-order chi connectivity index (χ1) is 20.6. The third kappa shape index (κ3) is 7.12. The SMILES string of the molecule is CC(C)(C)OC(=O)NC1C(=O)N2C(C(=O)OC(c3ccccc3)c3ccccc3)=C(C=CSc3ccccn3)C[S+]([O-])[C@@H]12. The van der Waals surface area contributed by atoms with E-state index in [0.29, 0.717) is 5.57 Å². The average molecular weight is 618 g/mol. The Balaban J connectivity index is 1.47. The maximum atomic E-state index is 14.0. The molecular formula is C32H31N3O6S2. The van der Waals surface area contributed by atoms with Crippen molar-refractivity contribution in [3.63, 3.8) is 0 Å². The van der Waals surface area contributed by atoms with Crippen LogP contribution < -0.4 is 5.32 Å². The highest BCUT2D eigenvalue weighted by molar-refractivity contribution is 8.02. The van der Waals surface area contributed by atoms with E-state index in [4.69, 9.17) is 9.47 Å². The van der Waals surface area contributed by atoms with Crippen molar-refractivity contribution in [3.8, 4) is 0 Å². The molecule has 9 nitrogen and oxygen atoms in total. The molecule has 2 aromatic carbocycles. The Bertz CT molecular complexity index is 1490. The monoisotopic (exact) mass is 617 g/mol. The highest BCUT2D eigenvalue weighted by Gasteiger charge is 2.61. The Labute approximate surface area is 257 Å². The first-order valence-corrected chi connectivity index (χ1v) is 15.9. The molecular weight excluding hydrogens is 587 g/mol. The molecule has 5 rings (SSSR count). The zero-order chi connectivity index (χ0) is 30.6. The minimum Gasteiger partial charge on any atom is -0.614 e. The molecule has 3 heterocycles. The van der Waals surface area contributed by atoms with E-state index in [9.17, 15) is 18.9 Å². The van der Waals surface area contributed by atoms with Crippen LogP contribution in [0.1, 0.15) is 38.0 Å². The summed E-state index contributed by atoms with van der Waals surface area (Å²) in [5, 5.41) is 4.05. The number of esters is 1. The number of β-lactam (4-membered cyclic amide) rings is 1. The number of nitrogens with zero attached hydrogens (tertiary/aromatic N) is 2. The zero-order valence-electron chi connectivity index (χ0n) is 23.8.